The number of nitrogens with two attached hydrogens (primary N) is 1. The van der Waals surface area contributed by atoms with Crippen molar-refractivity contribution in [3.05, 3.63) is 17.8 Å². The van der Waals surface area contributed by atoms with Crippen molar-refractivity contribution in [3.63, 3.8) is 0 Å². The molecule has 1 rings (SSSR count). The Morgan fingerprint density at radius 2 is 2.40 bits per heavy atom. The summed E-state index contributed by atoms with van der Waals surface area (Å²) in [4.78, 5) is 3.76. The molecule has 15 heavy (non-hydrogen) atoms. The summed E-state index contributed by atoms with van der Waals surface area (Å²) < 4.78 is 29.9. The molecule has 0 spiro atoms. The highest BCUT2D eigenvalue weighted by Gasteiger charge is 2.12. The normalized spacial score (nSPS) is 11.5. The van der Waals surface area contributed by atoms with Gasteiger partial charge in [0.2, 0.25) is 15.9 Å². The molecule has 8 heteroatoms. The van der Waals surface area contributed by atoms with Gasteiger partial charge in [-0.05, 0) is 6.92 Å². The van der Waals surface area contributed by atoms with E-state index in [1.165, 1.54) is 6.20 Å². The largest absolute Gasteiger partial charge is 0.445 e. The molecule has 0 saturated heterocycles. The number of oxazole rings is 1. The standard InChI is InChI=1S/C7H11N3O3S2/c1-5-2-9-7(13-5)3-10-15(11,12)4-6(8)14/h2,10H,3-4H2,1H3,(H2,8,14). The summed E-state index contributed by atoms with van der Waals surface area (Å²) in [5.74, 6) is 0.555. The predicted octanol–water partition coefficient (Wildman–Crippen LogP) is -0.311. The highest BCUT2D eigenvalue weighted by atomic mass is 32.2. The second-order valence-electron chi connectivity index (χ2n) is 2.91. The zero-order valence-corrected chi connectivity index (χ0v) is 9.69. The molecular weight excluding hydrogens is 238 g/mol. The molecule has 1 aromatic heterocycles. The van der Waals surface area contributed by atoms with Crippen LogP contribution in [0.1, 0.15) is 11.7 Å². The Hall–Kier alpha value is -0.990. The third-order valence-electron chi connectivity index (χ3n) is 1.44. The topological polar surface area (TPSA) is 98.2 Å². The molecular formula is C7H11N3O3S2. The van der Waals surface area contributed by atoms with E-state index in [-0.39, 0.29) is 17.3 Å². The van der Waals surface area contributed by atoms with Crippen LogP contribution in [0.3, 0.4) is 0 Å². The maximum absolute atomic E-state index is 11.3. The third-order valence-corrected chi connectivity index (χ3v) is 3.05. The SMILES string of the molecule is Cc1cnc(CNS(=O)(=O)CC(N)=S)o1. The Morgan fingerprint density at radius 1 is 1.73 bits per heavy atom. The van der Waals surface area contributed by atoms with E-state index in [1.54, 1.807) is 6.92 Å². The van der Waals surface area contributed by atoms with Gasteiger partial charge >= 0.3 is 0 Å². The summed E-state index contributed by atoms with van der Waals surface area (Å²) in [5, 5.41) is 0. The van der Waals surface area contributed by atoms with Gasteiger partial charge in [-0.3, -0.25) is 0 Å². The van der Waals surface area contributed by atoms with Crippen molar-refractivity contribution in [2.75, 3.05) is 5.75 Å². The molecule has 0 saturated carbocycles. The Morgan fingerprint density at radius 3 is 2.87 bits per heavy atom. The Labute approximate surface area is 92.9 Å². The van der Waals surface area contributed by atoms with E-state index in [0.717, 1.165) is 0 Å². The quantitative estimate of drug-likeness (QED) is 0.694. The minimum atomic E-state index is -3.49. The van der Waals surface area contributed by atoms with Crippen molar-refractivity contribution in [1.29, 1.82) is 0 Å². The lowest BCUT2D eigenvalue weighted by atomic mass is 10.6. The molecule has 0 bridgehead atoms. The van der Waals surface area contributed by atoms with Crippen molar-refractivity contribution < 1.29 is 12.8 Å². The molecule has 0 aliphatic heterocycles. The van der Waals surface area contributed by atoms with Crippen LogP contribution in [0, 0.1) is 6.92 Å². The first kappa shape index (κ1) is 12.1. The summed E-state index contributed by atoms with van der Waals surface area (Å²) in [6, 6.07) is 0. The predicted molar refractivity (Wildman–Crippen MR) is 58.7 cm³/mol. The van der Waals surface area contributed by atoms with Gasteiger partial charge in [0.05, 0.1) is 17.7 Å². The minimum absolute atomic E-state index is 0.00120. The van der Waals surface area contributed by atoms with E-state index >= 15 is 0 Å². The van der Waals surface area contributed by atoms with Crippen molar-refractivity contribution in [1.82, 2.24) is 9.71 Å². The van der Waals surface area contributed by atoms with E-state index in [4.69, 9.17) is 10.2 Å². The molecule has 1 heterocycles. The summed E-state index contributed by atoms with van der Waals surface area (Å²) in [7, 11) is -3.49. The molecule has 1 aromatic rings. The number of nitrogens with one attached hydrogen (secondary N) is 1. The molecule has 0 aliphatic carbocycles. The zero-order valence-electron chi connectivity index (χ0n) is 8.06. The Bertz CT molecular complexity index is 452. The summed E-state index contributed by atoms with van der Waals surface area (Å²) in [6.07, 6.45) is 1.51. The highest BCUT2D eigenvalue weighted by molar-refractivity contribution is 7.92. The van der Waals surface area contributed by atoms with Crippen LogP contribution in [-0.2, 0) is 16.6 Å². The van der Waals surface area contributed by atoms with E-state index in [1.807, 2.05) is 0 Å². The van der Waals surface area contributed by atoms with Gasteiger partial charge in [0.25, 0.3) is 0 Å². The van der Waals surface area contributed by atoms with Crippen LogP contribution in [0.25, 0.3) is 0 Å². The van der Waals surface area contributed by atoms with E-state index in [2.05, 4.69) is 21.9 Å². The third kappa shape index (κ3) is 4.36. The fourth-order valence-electron chi connectivity index (χ4n) is 0.893. The van der Waals surface area contributed by atoms with Crippen LogP contribution < -0.4 is 10.5 Å². The number of nitrogens with zero attached hydrogens (tertiary/aromatic N) is 1. The number of thiocarbonyl (C=S) groups is 1. The fourth-order valence-corrected chi connectivity index (χ4v) is 2.18. The number of rotatable bonds is 5. The van der Waals surface area contributed by atoms with Gasteiger partial charge in [-0.2, -0.15) is 0 Å². The van der Waals surface area contributed by atoms with E-state index in [9.17, 15) is 8.42 Å². The molecule has 0 amide bonds. The Kier molecular flexibility index (Phi) is 3.77. The summed E-state index contributed by atoms with van der Waals surface area (Å²) in [5.41, 5.74) is 5.12. The number of aryl methyl sites for hydroxylation is 1. The van der Waals surface area contributed by atoms with Crippen molar-refractivity contribution in [2.45, 2.75) is 13.5 Å². The molecule has 84 valence electrons. The highest BCUT2D eigenvalue weighted by Crippen LogP contribution is 2.01. The average Bonchev–Trinajstić information content (AvgIpc) is 2.46. The van der Waals surface area contributed by atoms with E-state index in [0.29, 0.717) is 11.7 Å². The van der Waals surface area contributed by atoms with Crippen LogP contribution in [0.4, 0.5) is 0 Å². The van der Waals surface area contributed by atoms with Crippen LogP contribution in [0.2, 0.25) is 0 Å². The lowest BCUT2D eigenvalue weighted by Crippen LogP contribution is -2.32. The van der Waals surface area contributed by atoms with Crippen molar-refractivity contribution in [2.24, 2.45) is 5.73 Å². The molecule has 0 radical (unpaired) electrons. The van der Waals surface area contributed by atoms with Crippen LogP contribution >= 0.6 is 12.2 Å². The van der Waals surface area contributed by atoms with Gasteiger partial charge in [-0.25, -0.2) is 18.1 Å². The maximum atomic E-state index is 11.3. The lowest BCUT2D eigenvalue weighted by Gasteiger charge is -2.02. The number of sulfonamides is 1. The molecule has 6 nitrogen and oxygen atoms in total. The molecule has 3 N–H and O–H groups in total. The lowest BCUT2D eigenvalue weighted by molar-refractivity contribution is 0.464. The van der Waals surface area contributed by atoms with Crippen LogP contribution in [0.15, 0.2) is 10.6 Å². The summed E-state index contributed by atoms with van der Waals surface area (Å²) in [6.45, 7) is 1.72. The fraction of sp³-hybridized carbons (Fsp3) is 0.429. The van der Waals surface area contributed by atoms with Gasteiger partial charge in [0, 0.05) is 0 Å². The number of hydrogen-bond acceptors (Lipinski definition) is 5. The second kappa shape index (κ2) is 4.69. The zero-order chi connectivity index (χ0) is 11.5. The maximum Gasteiger partial charge on any atom is 0.218 e. The van der Waals surface area contributed by atoms with Crippen molar-refractivity contribution in [3.8, 4) is 0 Å². The van der Waals surface area contributed by atoms with Gasteiger partial charge < -0.3 is 10.2 Å². The molecule has 0 atom stereocenters. The first-order valence-corrected chi connectivity index (χ1v) is 6.12. The number of hydrogen-bond donors (Lipinski definition) is 2. The number of aromatic nitrogens is 1. The van der Waals surface area contributed by atoms with Gasteiger partial charge in [-0.15, -0.1) is 0 Å². The monoisotopic (exact) mass is 249 g/mol. The molecule has 0 unspecified atom stereocenters. The first-order valence-electron chi connectivity index (χ1n) is 4.06. The van der Waals surface area contributed by atoms with Crippen LogP contribution in [-0.4, -0.2) is 24.1 Å². The molecule has 0 aliphatic rings. The summed E-state index contributed by atoms with van der Waals surface area (Å²) >= 11 is 4.50. The molecule has 0 aromatic carbocycles. The average molecular weight is 249 g/mol. The van der Waals surface area contributed by atoms with E-state index < -0.39 is 10.0 Å². The van der Waals surface area contributed by atoms with Gasteiger partial charge in [-0.1, -0.05) is 12.2 Å². The van der Waals surface area contributed by atoms with Crippen LogP contribution in [0.5, 0.6) is 0 Å². The first-order chi connectivity index (χ1) is 6.89. The van der Waals surface area contributed by atoms with Gasteiger partial charge in [0.1, 0.15) is 11.5 Å². The Balaban J connectivity index is 2.53. The second-order valence-corrected chi connectivity index (χ2v) is 5.24. The smallest absolute Gasteiger partial charge is 0.218 e. The van der Waals surface area contributed by atoms with Gasteiger partial charge in [0.15, 0.2) is 0 Å². The minimum Gasteiger partial charge on any atom is -0.445 e. The molecule has 0 fully saturated rings. The van der Waals surface area contributed by atoms with Crippen molar-refractivity contribution >= 4 is 27.2 Å².